The molecular formula is C16H31O4-. The molecule has 0 heterocycles. The smallest absolute Gasteiger partial charge is 0.132 e. The van der Waals surface area contributed by atoms with Crippen molar-refractivity contribution in [2.24, 2.45) is 0 Å². The number of unbranched alkanes of at least 4 members (excludes halogenated alkanes) is 7. The SMILES string of the molecule is CCCCCCCCCCC(OOC(C)(C)C)C(=O)[O-]. The summed E-state index contributed by atoms with van der Waals surface area (Å²) in [6, 6.07) is 0. The van der Waals surface area contributed by atoms with Crippen LogP contribution < -0.4 is 5.11 Å². The van der Waals surface area contributed by atoms with Crippen molar-refractivity contribution in [1.82, 2.24) is 0 Å². The fraction of sp³-hybridized carbons (Fsp3) is 0.938. The molecule has 0 rings (SSSR count). The molecule has 0 saturated carbocycles. The van der Waals surface area contributed by atoms with Gasteiger partial charge >= 0.3 is 0 Å². The molecule has 0 aliphatic heterocycles. The standard InChI is InChI=1S/C16H32O4/c1-5-6-7-8-9-10-11-12-13-14(15(17)18)19-20-16(2,3)4/h14H,5-13H2,1-4H3,(H,17,18)/p-1. The Morgan fingerprint density at radius 2 is 1.50 bits per heavy atom. The average Bonchev–Trinajstić information content (AvgIpc) is 2.34. The van der Waals surface area contributed by atoms with Crippen LogP contribution in [-0.2, 0) is 14.6 Å². The molecule has 0 aromatic rings. The van der Waals surface area contributed by atoms with E-state index in [1.807, 2.05) is 20.8 Å². The van der Waals surface area contributed by atoms with E-state index in [2.05, 4.69) is 6.92 Å². The highest BCUT2D eigenvalue weighted by molar-refractivity contribution is 5.69. The number of hydrogen-bond acceptors (Lipinski definition) is 4. The van der Waals surface area contributed by atoms with Crippen molar-refractivity contribution >= 4 is 5.97 Å². The molecule has 0 saturated heterocycles. The van der Waals surface area contributed by atoms with Crippen LogP contribution >= 0.6 is 0 Å². The molecule has 1 unspecified atom stereocenters. The van der Waals surface area contributed by atoms with Gasteiger partial charge < -0.3 is 9.90 Å². The van der Waals surface area contributed by atoms with Gasteiger partial charge in [0, 0.05) is 0 Å². The van der Waals surface area contributed by atoms with Gasteiger partial charge in [0.2, 0.25) is 0 Å². The fourth-order valence-corrected chi connectivity index (χ4v) is 1.87. The Balaban J connectivity index is 3.64. The summed E-state index contributed by atoms with van der Waals surface area (Å²) in [5, 5.41) is 10.9. The maximum absolute atomic E-state index is 10.9. The molecule has 0 radical (unpaired) electrons. The zero-order valence-electron chi connectivity index (χ0n) is 13.6. The van der Waals surface area contributed by atoms with Gasteiger partial charge in [-0.2, -0.15) is 0 Å². The summed E-state index contributed by atoms with van der Waals surface area (Å²) >= 11 is 0. The van der Waals surface area contributed by atoms with Crippen molar-refractivity contribution in [1.29, 1.82) is 0 Å². The Bertz CT molecular complexity index is 245. The summed E-state index contributed by atoms with van der Waals surface area (Å²) in [5.74, 6) is -1.20. The second-order valence-corrected chi connectivity index (χ2v) is 6.36. The minimum atomic E-state index is -1.20. The number of carbonyl (C=O) groups is 1. The average molecular weight is 287 g/mol. The highest BCUT2D eigenvalue weighted by atomic mass is 17.2. The van der Waals surface area contributed by atoms with Crippen LogP contribution in [0.3, 0.4) is 0 Å². The third kappa shape index (κ3) is 12.4. The lowest BCUT2D eigenvalue weighted by Gasteiger charge is -2.23. The number of rotatable bonds is 12. The van der Waals surface area contributed by atoms with Gasteiger partial charge in [0.05, 0.1) is 11.6 Å². The summed E-state index contributed by atoms with van der Waals surface area (Å²) in [4.78, 5) is 21.0. The molecule has 0 fully saturated rings. The molecule has 0 spiro atoms. The van der Waals surface area contributed by atoms with E-state index in [0.717, 1.165) is 19.3 Å². The van der Waals surface area contributed by atoms with Crippen LogP contribution in [0.25, 0.3) is 0 Å². The molecule has 0 amide bonds. The number of carbonyl (C=O) groups excluding carboxylic acids is 1. The van der Waals surface area contributed by atoms with E-state index in [0.29, 0.717) is 6.42 Å². The van der Waals surface area contributed by atoms with E-state index in [1.54, 1.807) is 0 Å². The third-order valence-electron chi connectivity index (χ3n) is 3.00. The highest BCUT2D eigenvalue weighted by Crippen LogP contribution is 2.14. The monoisotopic (exact) mass is 287 g/mol. The summed E-state index contributed by atoms with van der Waals surface area (Å²) in [6.07, 6.45) is 8.90. The largest absolute Gasteiger partial charge is 0.547 e. The quantitative estimate of drug-likeness (QED) is 0.314. The molecule has 0 aliphatic carbocycles. The second kappa shape index (κ2) is 11.1. The minimum absolute atomic E-state index is 0.452. The first-order valence-corrected chi connectivity index (χ1v) is 7.92. The van der Waals surface area contributed by atoms with Crippen molar-refractivity contribution in [3.8, 4) is 0 Å². The predicted molar refractivity (Wildman–Crippen MR) is 77.9 cm³/mol. The van der Waals surface area contributed by atoms with Crippen LogP contribution in [0.2, 0.25) is 0 Å². The van der Waals surface area contributed by atoms with Gasteiger partial charge in [-0.3, -0.25) is 0 Å². The number of carboxylic acid groups (broad SMARTS) is 1. The Morgan fingerprint density at radius 1 is 1.00 bits per heavy atom. The maximum atomic E-state index is 10.9. The van der Waals surface area contributed by atoms with Gasteiger partial charge in [-0.15, -0.1) is 0 Å². The van der Waals surface area contributed by atoms with Crippen LogP contribution in [0.15, 0.2) is 0 Å². The molecule has 0 bridgehead atoms. The minimum Gasteiger partial charge on any atom is -0.547 e. The number of aliphatic carboxylic acids is 1. The maximum Gasteiger partial charge on any atom is 0.132 e. The van der Waals surface area contributed by atoms with E-state index in [1.165, 1.54) is 32.1 Å². The molecule has 0 aromatic carbocycles. The number of hydrogen-bond donors (Lipinski definition) is 0. The van der Waals surface area contributed by atoms with Crippen LogP contribution in [-0.4, -0.2) is 17.7 Å². The summed E-state index contributed by atoms with van der Waals surface area (Å²) in [7, 11) is 0. The first-order chi connectivity index (χ1) is 9.37. The zero-order valence-corrected chi connectivity index (χ0v) is 13.6. The van der Waals surface area contributed by atoms with Gasteiger partial charge in [-0.25, -0.2) is 9.78 Å². The normalized spacial score (nSPS) is 13.4. The summed E-state index contributed by atoms with van der Waals surface area (Å²) in [5.41, 5.74) is -0.507. The van der Waals surface area contributed by atoms with E-state index in [-0.39, 0.29) is 0 Å². The Hall–Kier alpha value is -0.610. The van der Waals surface area contributed by atoms with Gasteiger partial charge in [0.25, 0.3) is 0 Å². The van der Waals surface area contributed by atoms with E-state index >= 15 is 0 Å². The Kier molecular flexibility index (Phi) is 10.8. The Morgan fingerprint density at radius 3 is 1.95 bits per heavy atom. The van der Waals surface area contributed by atoms with Crippen molar-refractivity contribution in [2.75, 3.05) is 0 Å². The third-order valence-corrected chi connectivity index (χ3v) is 3.00. The Labute approximate surface area is 123 Å². The fourth-order valence-electron chi connectivity index (χ4n) is 1.87. The van der Waals surface area contributed by atoms with Gasteiger partial charge in [0.15, 0.2) is 0 Å². The summed E-state index contributed by atoms with van der Waals surface area (Å²) in [6.45, 7) is 7.65. The first kappa shape index (κ1) is 19.4. The lowest BCUT2D eigenvalue weighted by Crippen LogP contribution is -2.39. The molecular weight excluding hydrogens is 256 g/mol. The van der Waals surface area contributed by atoms with Crippen molar-refractivity contribution in [3.63, 3.8) is 0 Å². The van der Waals surface area contributed by atoms with E-state index in [9.17, 15) is 9.90 Å². The van der Waals surface area contributed by atoms with Crippen molar-refractivity contribution < 1.29 is 19.7 Å². The van der Waals surface area contributed by atoms with Crippen molar-refractivity contribution in [3.05, 3.63) is 0 Å². The van der Waals surface area contributed by atoms with E-state index in [4.69, 9.17) is 9.78 Å². The molecule has 0 N–H and O–H groups in total. The van der Waals surface area contributed by atoms with E-state index < -0.39 is 17.7 Å². The summed E-state index contributed by atoms with van der Waals surface area (Å²) < 4.78 is 0. The van der Waals surface area contributed by atoms with Crippen molar-refractivity contribution in [2.45, 2.75) is 97.2 Å². The lowest BCUT2D eigenvalue weighted by atomic mass is 10.1. The van der Waals surface area contributed by atoms with Crippen LogP contribution in [0, 0.1) is 0 Å². The molecule has 1 atom stereocenters. The molecule has 120 valence electrons. The van der Waals surface area contributed by atoms with Gasteiger partial charge in [-0.05, 0) is 27.2 Å². The number of carboxylic acids is 1. The molecule has 0 aromatic heterocycles. The van der Waals surface area contributed by atoms with Gasteiger partial charge in [-0.1, -0.05) is 58.3 Å². The van der Waals surface area contributed by atoms with Crippen LogP contribution in [0.1, 0.15) is 85.5 Å². The predicted octanol–water partition coefficient (Wildman–Crippen LogP) is 3.38. The molecule has 20 heavy (non-hydrogen) atoms. The highest BCUT2D eigenvalue weighted by Gasteiger charge is 2.17. The van der Waals surface area contributed by atoms with Crippen LogP contribution in [0.4, 0.5) is 0 Å². The molecule has 0 aliphatic rings. The topological polar surface area (TPSA) is 58.6 Å². The molecule has 4 nitrogen and oxygen atoms in total. The second-order valence-electron chi connectivity index (χ2n) is 6.36. The lowest BCUT2D eigenvalue weighted by molar-refractivity contribution is -0.392. The van der Waals surface area contributed by atoms with Crippen LogP contribution in [0.5, 0.6) is 0 Å². The molecule has 4 heteroatoms. The zero-order chi connectivity index (χ0) is 15.4. The first-order valence-electron chi connectivity index (χ1n) is 7.92. The van der Waals surface area contributed by atoms with Gasteiger partial charge in [0.1, 0.15) is 6.10 Å².